The molecule has 0 bridgehead atoms. The van der Waals surface area contributed by atoms with Crippen LogP contribution in [-0.2, 0) is 4.79 Å². The van der Waals surface area contributed by atoms with Gasteiger partial charge in [0.05, 0.1) is 0 Å². The van der Waals surface area contributed by atoms with Crippen LogP contribution >= 0.6 is 0 Å². The average molecular weight is 167 g/mol. The highest BCUT2D eigenvalue weighted by atomic mass is 16.1. The van der Waals surface area contributed by atoms with Crippen LogP contribution in [0.15, 0.2) is 12.7 Å². The maximum Gasteiger partial charge on any atom is 0.132 e. The summed E-state index contributed by atoms with van der Waals surface area (Å²) in [6.45, 7) is 5.33. The first kappa shape index (κ1) is 9.46. The van der Waals surface area contributed by atoms with Crippen molar-refractivity contribution in [2.75, 3.05) is 0 Å². The number of carbonyl (C=O) groups is 1. The topological polar surface area (TPSA) is 43.1 Å². The zero-order valence-corrected chi connectivity index (χ0v) is 7.68. The number of ketones is 1. The van der Waals surface area contributed by atoms with Gasteiger partial charge in [0.1, 0.15) is 5.78 Å². The fraction of sp³-hybridized carbons (Fsp3) is 0.700. The van der Waals surface area contributed by atoms with Crippen LogP contribution in [0, 0.1) is 5.92 Å². The minimum Gasteiger partial charge on any atom is -0.325 e. The van der Waals surface area contributed by atoms with Gasteiger partial charge in [-0.05, 0) is 32.6 Å². The van der Waals surface area contributed by atoms with Gasteiger partial charge in [-0.15, -0.1) is 6.58 Å². The van der Waals surface area contributed by atoms with Crippen LogP contribution in [0.4, 0.5) is 0 Å². The van der Waals surface area contributed by atoms with E-state index in [9.17, 15) is 4.79 Å². The number of hydrogen-bond donors (Lipinski definition) is 1. The normalized spacial score (nSPS) is 35.0. The fourth-order valence-corrected chi connectivity index (χ4v) is 1.98. The Balaban J connectivity index is 2.54. The van der Waals surface area contributed by atoms with Crippen LogP contribution in [0.2, 0.25) is 0 Å². The zero-order valence-electron chi connectivity index (χ0n) is 7.68. The highest BCUT2D eigenvalue weighted by Crippen LogP contribution is 2.35. The monoisotopic (exact) mass is 167 g/mol. The number of Topliss-reactive ketones (excluding diaryl/α,β-unsaturated/α-hetero) is 1. The smallest absolute Gasteiger partial charge is 0.132 e. The Bertz CT molecular complexity index is 200. The fourth-order valence-electron chi connectivity index (χ4n) is 1.98. The second-order valence-corrected chi connectivity index (χ2v) is 3.91. The molecule has 12 heavy (non-hydrogen) atoms. The molecule has 1 saturated carbocycles. The van der Waals surface area contributed by atoms with Crippen molar-refractivity contribution in [3.8, 4) is 0 Å². The SMILES string of the molecule is C=CCC1(N)CC[C@@H](C(C)=O)C1. The van der Waals surface area contributed by atoms with Crippen molar-refractivity contribution in [2.24, 2.45) is 11.7 Å². The van der Waals surface area contributed by atoms with Crippen molar-refractivity contribution in [3.63, 3.8) is 0 Å². The molecular formula is C10H17NO. The lowest BCUT2D eigenvalue weighted by Crippen LogP contribution is -2.36. The second-order valence-electron chi connectivity index (χ2n) is 3.91. The van der Waals surface area contributed by atoms with Gasteiger partial charge in [-0.25, -0.2) is 0 Å². The highest BCUT2D eigenvalue weighted by Gasteiger charge is 2.36. The van der Waals surface area contributed by atoms with Gasteiger partial charge in [0.25, 0.3) is 0 Å². The van der Waals surface area contributed by atoms with Crippen LogP contribution in [0.5, 0.6) is 0 Å². The van der Waals surface area contributed by atoms with Crippen LogP contribution < -0.4 is 5.73 Å². The lowest BCUT2D eigenvalue weighted by atomic mass is 9.92. The van der Waals surface area contributed by atoms with Crippen LogP contribution in [0.1, 0.15) is 32.6 Å². The number of hydrogen-bond acceptors (Lipinski definition) is 2. The molecule has 0 aliphatic heterocycles. The summed E-state index contributed by atoms with van der Waals surface area (Å²) in [5.41, 5.74) is 5.93. The molecule has 0 aromatic carbocycles. The Hall–Kier alpha value is -0.630. The highest BCUT2D eigenvalue weighted by molar-refractivity contribution is 5.78. The van der Waals surface area contributed by atoms with E-state index in [0.717, 1.165) is 25.7 Å². The van der Waals surface area contributed by atoms with E-state index in [2.05, 4.69) is 6.58 Å². The molecule has 0 aromatic rings. The molecule has 0 aromatic heterocycles. The first-order valence-electron chi connectivity index (χ1n) is 4.48. The minimum absolute atomic E-state index is 0.141. The van der Waals surface area contributed by atoms with Crippen molar-refractivity contribution in [1.29, 1.82) is 0 Å². The molecule has 0 amide bonds. The maximum atomic E-state index is 11.1. The zero-order chi connectivity index (χ0) is 9.19. The molecular weight excluding hydrogens is 150 g/mol. The largest absolute Gasteiger partial charge is 0.325 e. The summed E-state index contributed by atoms with van der Waals surface area (Å²) >= 11 is 0. The minimum atomic E-state index is -0.141. The average Bonchev–Trinajstić information content (AvgIpc) is 2.33. The Morgan fingerprint density at radius 2 is 2.50 bits per heavy atom. The van der Waals surface area contributed by atoms with E-state index in [-0.39, 0.29) is 17.2 Å². The number of carbonyl (C=O) groups excluding carboxylic acids is 1. The molecule has 2 nitrogen and oxygen atoms in total. The van der Waals surface area contributed by atoms with Gasteiger partial charge in [0.2, 0.25) is 0 Å². The molecule has 1 rings (SSSR count). The first-order valence-corrected chi connectivity index (χ1v) is 4.48. The molecule has 1 aliphatic carbocycles. The van der Waals surface area contributed by atoms with Crippen molar-refractivity contribution < 1.29 is 4.79 Å². The van der Waals surface area contributed by atoms with E-state index < -0.39 is 0 Å². The maximum absolute atomic E-state index is 11.1. The first-order chi connectivity index (χ1) is 5.57. The molecule has 68 valence electrons. The molecule has 1 aliphatic rings. The molecule has 1 fully saturated rings. The van der Waals surface area contributed by atoms with Crippen molar-refractivity contribution in [3.05, 3.63) is 12.7 Å². The van der Waals surface area contributed by atoms with E-state index in [4.69, 9.17) is 5.73 Å². The third-order valence-electron chi connectivity index (χ3n) is 2.77. The van der Waals surface area contributed by atoms with E-state index in [1.165, 1.54) is 0 Å². The van der Waals surface area contributed by atoms with Gasteiger partial charge in [0.15, 0.2) is 0 Å². The predicted octanol–water partition coefficient (Wildman–Crippen LogP) is 1.65. The summed E-state index contributed by atoms with van der Waals surface area (Å²) in [7, 11) is 0. The van der Waals surface area contributed by atoms with Gasteiger partial charge in [-0.3, -0.25) is 4.79 Å². The molecule has 0 saturated heterocycles. The van der Waals surface area contributed by atoms with Crippen molar-refractivity contribution in [1.82, 2.24) is 0 Å². The van der Waals surface area contributed by atoms with Gasteiger partial charge < -0.3 is 5.73 Å². The summed E-state index contributed by atoms with van der Waals surface area (Å²) in [6, 6.07) is 0. The number of rotatable bonds is 3. The van der Waals surface area contributed by atoms with E-state index in [0.29, 0.717) is 0 Å². The van der Waals surface area contributed by atoms with Crippen LogP contribution in [-0.4, -0.2) is 11.3 Å². The van der Waals surface area contributed by atoms with E-state index in [1.54, 1.807) is 6.92 Å². The summed E-state index contributed by atoms with van der Waals surface area (Å²) in [6.07, 6.45) is 5.44. The summed E-state index contributed by atoms with van der Waals surface area (Å²) < 4.78 is 0. The van der Waals surface area contributed by atoms with E-state index >= 15 is 0 Å². The van der Waals surface area contributed by atoms with Crippen molar-refractivity contribution >= 4 is 5.78 Å². The third-order valence-corrected chi connectivity index (χ3v) is 2.77. The Morgan fingerprint density at radius 3 is 2.92 bits per heavy atom. The van der Waals surface area contributed by atoms with Gasteiger partial charge in [0, 0.05) is 11.5 Å². The van der Waals surface area contributed by atoms with Gasteiger partial charge in [-0.1, -0.05) is 6.08 Å². The molecule has 2 atom stereocenters. The molecule has 1 unspecified atom stereocenters. The number of nitrogens with two attached hydrogens (primary N) is 1. The standard InChI is InChI=1S/C10H17NO/c1-3-5-10(11)6-4-9(7-10)8(2)12/h3,9H,1,4-7,11H2,2H3/t9-,10?/m1/s1. The van der Waals surface area contributed by atoms with E-state index in [1.807, 2.05) is 6.08 Å². The molecule has 0 heterocycles. The van der Waals surface area contributed by atoms with Gasteiger partial charge in [-0.2, -0.15) is 0 Å². The summed E-state index contributed by atoms with van der Waals surface area (Å²) in [5.74, 6) is 0.487. The summed E-state index contributed by atoms with van der Waals surface area (Å²) in [5, 5.41) is 0. The Morgan fingerprint density at radius 1 is 1.83 bits per heavy atom. The van der Waals surface area contributed by atoms with Crippen LogP contribution in [0.25, 0.3) is 0 Å². The molecule has 2 N–H and O–H groups in total. The second kappa shape index (κ2) is 3.40. The molecule has 2 heteroatoms. The third kappa shape index (κ3) is 1.95. The molecule has 0 radical (unpaired) electrons. The van der Waals surface area contributed by atoms with Gasteiger partial charge >= 0.3 is 0 Å². The predicted molar refractivity (Wildman–Crippen MR) is 49.8 cm³/mol. The lowest BCUT2D eigenvalue weighted by molar-refractivity contribution is -0.120. The Labute approximate surface area is 73.8 Å². The van der Waals surface area contributed by atoms with Crippen molar-refractivity contribution in [2.45, 2.75) is 38.1 Å². The lowest BCUT2D eigenvalue weighted by Gasteiger charge is -2.21. The van der Waals surface area contributed by atoms with Crippen LogP contribution in [0.3, 0.4) is 0 Å². The quantitative estimate of drug-likeness (QED) is 0.649. The molecule has 0 spiro atoms. The summed E-state index contributed by atoms with van der Waals surface area (Å²) in [4.78, 5) is 11.1. The Kier molecular flexibility index (Phi) is 2.68.